The van der Waals surface area contributed by atoms with Gasteiger partial charge >= 0.3 is 5.97 Å². The Kier molecular flexibility index (Phi) is 8.19. The number of hydrogen-bond acceptors (Lipinski definition) is 9. The van der Waals surface area contributed by atoms with E-state index in [9.17, 15) is 24.3 Å². The van der Waals surface area contributed by atoms with Crippen LogP contribution >= 0.6 is 0 Å². The molecule has 0 spiro atoms. The molecule has 3 heterocycles. The number of anilines is 3. The Morgan fingerprint density at radius 1 is 1.15 bits per heavy atom. The molecule has 0 aliphatic carbocycles. The molecule has 1 aliphatic rings. The van der Waals surface area contributed by atoms with Crippen molar-refractivity contribution in [1.82, 2.24) is 15.0 Å². The first-order valence-electron chi connectivity index (χ1n) is 13.0. The number of pyridine rings is 1. The second-order valence-electron chi connectivity index (χ2n) is 10.9. The Bertz CT molecular complexity index is 1470. The van der Waals surface area contributed by atoms with E-state index < -0.39 is 28.5 Å². The minimum Gasteiger partial charge on any atom is -0.481 e. The largest absolute Gasteiger partial charge is 0.481 e. The molecule has 0 bridgehead atoms. The number of rotatable bonds is 9. The monoisotopic (exact) mass is 550 g/mol. The van der Waals surface area contributed by atoms with Crippen molar-refractivity contribution in [3.05, 3.63) is 52.6 Å². The lowest BCUT2D eigenvalue weighted by molar-refractivity contribution is -0.154. The van der Waals surface area contributed by atoms with Crippen molar-refractivity contribution < 1.29 is 24.2 Å². The summed E-state index contributed by atoms with van der Waals surface area (Å²) >= 11 is 0. The summed E-state index contributed by atoms with van der Waals surface area (Å²) in [6, 6.07) is 6.97. The summed E-state index contributed by atoms with van der Waals surface area (Å²) in [5.74, 6) is -1.46. The molecule has 212 valence electrons. The second kappa shape index (κ2) is 11.4. The highest BCUT2D eigenvalue weighted by atomic mass is 16.5. The summed E-state index contributed by atoms with van der Waals surface area (Å²) in [4.78, 5) is 63.3. The van der Waals surface area contributed by atoms with Crippen molar-refractivity contribution in [2.75, 3.05) is 42.3 Å². The lowest BCUT2D eigenvalue weighted by Gasteiger charge is -2.38. The quantitative estimate of drug-likeness (QED) is 0.311. The maximum Gasteiger partial charge on any atom is 0.310 e. The number of benzene rings is 1. The van der Waals surface area contributed by atoms with E-state index in [-0.39, 0.29) is 37.2 Å². The number of hydrogen-bond donors (Lipinski definition) is 4. The molecule has 3 aromatic rings. The zero-order chi connectivity index (χ0) is 29.1. The Balaban J connectivity index is 1.39. The minimum atomic E-state index is -1.16. The van der Waals surface area contributed by atoms with E-state index in [1.54, 1.807) is 13.1 Å². The summed E-state index contributed by atoms with van der Waals surface area (Å²) in [7, 11) is 1.75. The average Bonchev–Trinajstić information content (AvgIpc) is 2.91. The van der Waals surface area contributed by atoms with E-state index in [2.05, 4.69) is 25.6 Å². The number of aromatic amines is 1. The van der Waals surface area contributed by atoms with Gasteiger partial charge in [-0.25, -0.2) is 9.97 Å². The van der Waals surface area contributed by atoms with E-state index >= 15 is 0 Å². The van der Waals surface area contributed by atoms with Crippen LogP contribution in [0.1, 0.15) is 50.4 Å². The number of amides is 1. The molecule has 12 heteroatoms. The fourth-order valence-corrected chi connectivity index (χ4v) is 4.68. The summed E-state index contributed by atoms with van der Waals surface area (Å²) in [6.45, 7) is 6.10. The van der Waals surface area contributed by atoms with Crippen molar-refractivity contribution in [3.63, 3.8) is 0 Å². The number of Topliss-reactive ketones (excluding diaryl/α,β-unsaturated/α-hetero) is 1. The SMILES string of the molecule is CNc1cccc2cc(C(=O)Nc3cnc(N4CCC(CC(=O)COC(C)(C)C)(C(=O)O)CC4)nc3)c(=O)[nH]c12. The molecule has 0 saturated carbocycles. The molecule has 1 fully saturated rings. The lowest BCUT2D eigenvalue weighted by Crippen LogP contribution is -2.46. The highest BCUT2D eigenvalue weighted by Crippen LogP contribution is 2.37. The molecule has 0 unspecified atom stereocenters. The molecule has 0 atom stereocenters. The number of nitrogens with zero attached hydrogens (tertiary/aromatic N) is 3. The number of nitrogens with one attached hydrogen (secondary N) is 3. The van der Waals surface area contributed by atoms with Gasteiger partial charge in [0.1, 0.15) is 12.2 Å². The lowest BCUT2D eigenvalue weighted by atomic mass is 9.74. The number of aromatic nitrogens is 3. The third-order valence-corrected chi connectivity index (χ3v) is 6.95. The second-order valence-corrected chi connectivity index (χ2v) is 10.9. The number of fused-ring (bicyclic) bond motifs is 1. The number of carbonyl (C=O) groups is 3. The third kappa shape index (κ3) is 6.45. The van der Waals surface area contributed by atoms with E-state index in [0.29, 0.717) is 35.6 Å². The summed E-state index contributed by atoms with van der Waals surface area (Å²) in [5, 5.41) is 16.3. The summed E-state index contributed by atoms with van der Waals surface area (Å²) < 4.78 is 5.53. The van der Waals surface area contributed by atoms with E-state index in [4.69, 9.17) is 4.74 Å². The van der Waals surface area contributed by atoms with Crippen LogP contribution in [0.3, 0.4) is 0 Å². The van der Waals surface area contributed by atoms with Gasteiger partial charge in [-0.2, -0.15) is 0 Å². The number of piperidine rings is 1. The number of ketones is 1. The van der Waals surface area contributed by atoms with Gasteiger partial charge in [0.25, 0.3) is 11.5 Å². The maximum atomic E-state index is 12.8. The topological polar surface area (TPSA) is 167 Å². The first kappa shape index (κ1) is 28.7. The first-order valence-corrected chi connectivity index (χ1v) is 13.0. The number of carboxylic acids is 1. The molecule has 12 nitrogen and oxygen atoms in total. The van der Waals surface area contributed by atoms with Crippen LogP contribution in [0.5, 0.6) is 0 Å². The van der Waals surface area contributed by atoms with Crippen molar-refractivity contribution in [3.8, 4) is 0 Å². The summed E-state index contributed by atoms with van der Waals surface area (Å²) in [6.07, 6.45) is 3.28. The van der Waals surface area contributed by atoms with E-state index in [1.165, 1.54) is 18.5 Å². The summed E-state index contributed by atoms with van der Waals surface area (Å²) in [5.41, 5.74) is -0.569. The maximum absolute atomic E-state index is 12.8. The third-order valence-electron chi connectivity index (χ3n) is 6.95. The van der Waals surface area contributed by atoms with Crippen molar-refractivity contribution in [2.45, 2.75) is 45.6 Å². The molecular weight excluding hydrogens is 516 g/mol. The zero-order valence-electron chi connectivity index (χ0n) is 23.0. The molecule has 2 aromatic heterocycles. The van der Waals surface area contributed by atoms with Crippen LogP contribution < -0.4 is 21.1 Å². The van der Waals surface area contributed by atoms with Gasteiger partial charge in [-0.3, -0.25) is 19.2 Å². The number of carbonyl (C=O) groups excluding carboxylic acids is 2. The van der Waals surface area contributed by atoms with Gasteiger partial charge in [0, 0.05) is 31.9 Å². The molecule has 1 aromatic carbocycles. The average molecular weight is 551 g/mol. The molecule has 1 saturated heterocycles. The zero-order valence-corrected chi connectivity index (χ0v) is 23.0. The van der Waals surface area contributed by atoms with Crippen molar-refractivity contribution in [2.24, 2.45) is 5.41 Å². The van der Waals surface area contributed by atoms with Gasteiger partial charge in [-0.1, -0.05) is 12.1 Å². The number of para-hydroxylation sites is 1. The van der Waals surface area contributed by atoms with Crippen LogP contribution in [0.4, 0.5) is 17.3 Å². The first-order chi connectivity index (χ1) is 18.9. The van der Waals surface area contributed by atoms with Crippen molar-refractivity contribution in [1.29, 1.82) is 0 Å². The van der Waals surface area contributed by atoms with Crippen molar-refractivity contribution >= 4 is 45.9 Å². The molecule has 4 N–H and O–H groups in total. The number of aliphatic carboxylic acids is 1. The normalized spacial score (nSPS) is 15.1. The van der Waals surface area contributed by atoms with E-state index in [1.807, 2.05) is 37.8 Å². The number of carboxylic acid groups (broad SMARTS) is 1. The van der Waals surface area contributed by atoms with Gasteiger partial charge in [-0.15, -0.1) is 0 Å². The van der Waals surface area contributed by atoms with Gasteiger partial charge in [0.05, 0.1) is 40.3 Å². The number of ether oxygens (including phenoxy) is 1. The molecule has 4 rings (SSSR count). The minimum absolute atomic E-state index is 0.0479. The van der Waals surface area contributed by atoms with Gasteiger partial charge in [-0.05, 0) is 45.7 Å². The Hall–Kier alpha value is -4.32. The predicted molar refractivity (Wildman–Crippen MR) is 151 cm³/mol. The smallest absolute Gasteiger partial charge is 0.310 e. The van der Waals surface area contributed by atoms with Crippen LogP contribution in [-0.2, 0) is 14.3 Å². The molecule has 1 amide bonds. The molecule has 1 aliphatic heterocycles. The fourth-order valence-electron chi connectivity index (χ4n) is 4.68. The Labute approximate surface area is 231 Å². The Morgan fingerprint density at radius 2 is 1.82 bits per heavy atom. The van der Waals surface area contributed by atoms with Gasteiger partial charge in [0.2, 0.25) is 5.95 Å². The van der Waals surface area contributed by atoms with Crippen LogP contribution in [0, 0.1) is 5.41 Å². The number of H-pyrrole nitrogens is 1. The van der Waals surface area contributed by atoms with Crippen LogP contribution in [0.2, 0.25) is 0 Å². The standard InChI is InChI=1S/C28H34N6O6/c1-27(2,3)40-16-19(35)13-28(25(38)39)8-10-34(11-9-28)26-30-14-18(15-31-26)32-23(36)20-12-17-6-5-7-21(29-4)22(17)33-24(20)37/h5-7,12,14-15,29H,8-11,13,16H2,1-4H3,(H,32,36)(H,33,37)(H,38,39). The van der Waals surface area contributed by atoms with Gasteiger partial charge < -0.3 is 30.4 Å². The van der Waals surface area contributed by atoms with Crippen LogP contribution in [0.25, 0.3) is 10.9 Å². The molecular formula is C28H34N6O6. The predicted octanol–water partition coefficient (Wildman–Crippen LogP) is 3.06. The van der Waals surface area contributed by atoms with Crippen LogP contribution in [0.15, 0.2) is 41.5 Å². The van der Waals surface area contributed by atoms with Gasteiger partial charge in [0.15, 0.2) is 5.78 Å². The molecule has 0 radical (unpaired) electrons. The van der Waals surface area contributed by atoms with Crippen LogP contribution in [-0.4, -0.2) is 70.1 Å². The highest BCUT2D eigenvalue weighted by molar-refractivity contribution is 6.06. The molecule has 40 heavy (non-hydrogen) atoms. The highest BCUT2D eigenvalue weighted by Gasteiger charge is 2.43. The van der Waals surface area contributed by atoms with E-state index in [0.717, 1.165) is 5.69 Å². The Morgan fingerprint density at radius 3 is 2.42 bits per heavy atom. The fraction of sp³-hybridized carbons (Fsp3) is 0.429.